The van der Waals surface area contributed by atoms with Crippen LogP contribution in [0.2, 0.25) is 0 Å². The van der Waals surface area contributed by atoms with E-state index in [1.165, 1.54) is 0 Å². The highest BCUT2D eigenvalue weighted by molar-refractivity contribution is 8.13. The molecule has 0 saturated heterocycles. The predicted molar refractivity (Wildman–Crippen MR) is 53.6 cm³/mol. The first-order valence-corrected chi connectivity index (χ1v) is 5.22. The number of thioether (sulfide) groups is 1. The van der Waals surface area contributed by atoms with Gasteiger partial charge < -0.3 is 10.1 Å². The van der Waals surface area contributed by atoms with Crippen LogP contribution in [0.1, 0.15) is 20.3 Å². The van der Waals surface area contributed by atoms with Gasteiger partial charge in [0.2, 0.25) is 0 Å². The zero-order chi connectivity index (χ0) is 9.19. The fourth-order valence-corrected chi connectivity index (χ4v) is 1.83. The van der Waals surface area contributed by atoms with Crippen molar-refractivity contribution >= 4 is 16.9 Å². The quantitative estimate of drug-likeness (QED) is 0.676. The van der Waals surface area contributed by atoms with Crippen molar-refractivity contribution < 1.29 is 4.74 Å². The summed E-state index contributed by atoms with van der Waals surface area (Å²) in [6.45, 7) is 4.31. The van der Waals surface area contributed by atoms with Crippen LogP contribution in [0.5, 0.6) is 0 Å². The average Bonchev–Trinajstić information content (AvgIpc) is 2.01. The molecule has 1 aliphatic heterocycles. The molecule has 0 amide bonds. The summed E-state index contributed by atoms with van der Waals surface area (Å²) in [6, 6.07) is 0. The first-order chi connectivity index (χ1) is 5.57. The van der Waals surface area contributed by atoms with Crippen LogP contribution in [0.3, 0.4) is 0 Å². The molecule has 3 nitrogen and oxygen atoms in total. The van der Waals surface area contributed by atoms with Gasteiger partial charge in [-0.1, -0.05) is 11.8 Å². The van der Waals surface area contributed by atoms with Crippen LogP contribution in [0.4, 0.5) is 0 Å². The monoisotopic (exact) mass is 188 g/mol. The summed E-state index contributed by atoms with van der Waals surface area (Å²) < 4.78 is 5.22. The van der Waals surface area contributed by atoms with E-state index in [9.17, 15) is 0 Å². The lowest BCUT2D eigenvalue weighted by Crippen LogP contribution is -2.48. The van der Waals surface area contributed by atoms with Crippen molar-refractivity contribution in [3.05, 3.63) is 0 Å². The number of nitrogens with one attached hydrogen (secondary N) is 1. The fourth-order valence-electron chi connectivity index (χ4n) is 1.23. The normalized spacial score (nSPS) is 27.7. The van der Waals surface area contributed by atoms with E-state index in [1.54, 1.807) is 18.9 Å². The van der Waals surface area contributed by atoms with Crippen molar-refractivity contribution in [3.63, 3.8) is 0 Å². The molecular formula is C8H16N2OS. The number of hydrogen-bond donors (Lipinski definition) is 1. The summed E-state index contributed by atoms with van der Waals surface area (Å²) in [5, 5.41) is 4.31. The molecule has 0 fully saturated rings. The number of ether oxygens (including phenoxy) is 1. The van der Waals surface area contributed by atoms with Crippen molar-refractivity contribution in [1.82, 2.24) is 5.32 Å². The van der Waals surface area contributed by atoms with Crippen molar-refractivity contribution in [2.75, 3.05) is 13.4 Å². The highest BCUT2D eigenvalue weighted by Crippen LogP contribution is 2.21. The summed E-state index contributed by atoms with van der Waals surface area (Å²) in [5.74, 6) is 0. The molecule has 1 aliphatic rings. The van der Waals surface area contributed by atoms with Gasteiger partial charge in [-0.05, 0) is 20.1 Å². The molecule has 0 saturated carbocycles. The largest absolute Gasteiger partial charge is 0.360 e. The van der Waals surface area contributed by atoms with E-state index in [-0.39, 0.29) is 11.8 Å². The van der Waals surface area contributed by atoms with Gasteiger partial charge in [0, 0.05) is 19.1 Å². The van der Waals surface area contributed by atoms with Gasteiger partial charge in [0.05, 0.1) is 0 Å². The fraction of sp³-hybridized carbons (Fsp3) is 0.875. The zero-order valence-electron chi connectivity index (χ0n) is 8.05. The van der Waals surface area contributed by atoms with Crippen molar-refractivity contribution in [1.29, 1.82) is 0 Å². The lowest BCUT2D eigenvalue weighted by molar-refractivity contribution is 0.0764. The lowest BCUT2D eigenvalue weighted by Gasteiger charge is -2.34. The molecule has 70 valence electrons. The molecule has 0 aromatic carbocycles. The topological polar surface area (TPSA) is 33.6 Å². The third-order valence-electron chi connectivity index (χ3n) is 1.86. The van der Waals surface area contributed by atoms with Gasteiger partial charge in [0.1, 0.15) is 0 Å². The number of rotatable bonds is 1. The van der Waals surface area contributed by atoms with Gasteiger partial charge in [0.25, 0.3) is 0 Å². The van der Waals surface area contributed by atoms with Gasteiger partial charge in [0.15, 0.2) is 11.4 Å². The van der Waals surface area contributed by atoms with E-state index in [0.717, 1.165) is 11.6 Å². The number of nitrogens with zero attached hydrogens (tertiary/aromatic N) is 1. The molecule has 0 bridgehead atoms. The smallest absolute Gasteiger partial charge is 0.159 e. The molecule has 1 N–H and O–H groups in total. The molecule has 0 unspecified atom stereocenters. The Kier molecular flexibility index (Phi) is 3.01. The van der Waals surface area contributed by atoms with E-state index in [1.807, 2.05) is 6.26 Å². The average molecular weight is 188 g/mol. The summed E-state index contributed by atoms with van der Waals surface area (Å²) in [7, 11) is 1.70. The molecule has 0 aromatic rings. The van der Waals surface area contributed by atoms with Gasteiger partial charge in [-0.25, -0.2) is 4.99 Å². The highest BCUT2D eigenvalue weighted by Gasteiger charge is 2.28. The second-order valence-corrected chi connectivity index (χ2v) is 4.34. The van der Waals surface area contributed by atoms with Crippen molar-refractivity contribution in [2.45, 2.75) is 32.0 Å². The molecule has 12 heavy (non-hydrogen) atoms. The minimum Gasteiger partial charge on any atom is -0.360 e. The summed E-state index contributed by atoms with van der Waals surface area (Å²) >= 11 is 1.63. The number of aliphatic imine (C=N–C) groups is 1. The molecule has 4 heteroatoms. The molecular weight excluding hydrogens is 172 g/mol. The summed E-state index contributed by atoms with van der Waals surface area (Å²) in [6.07, 6.45) is 2.96. The predicted octanol–water partition coefficient (Wildman–Crippen LogP) is 1.45. The van der Waals surface area contributed by atoms with Crippen LogP contribution in [-0.2, 0) is 4.74 Å². The maximum Gasteiger partial charge on any atom is 0.159 e. The van der Waals surface area contributed by atoms with E-state index in [4.69, 9.17) is 4.74 Å². The zero-order valence-corrected chi connectivity index (χ0v) is 8.86. The molecule has 0 aliphatic carbocycles. The van der Waals surface area contributed by atoms with Gasteiger partial charge in [-0.3, -0.25) is 0 Å². The third kappa shape index (κ3) is 2.38. The first kappa shape index (κ1) is 9.86. The van der Waals surface area contributed by atoms with E-state index < -0.39 is 0 Å². The molecule has 0 radical (unpaired) electrons. The standard InChI is InChI=1S/C8H16N2OS/c1-8(2)5-6(11-3)9-7(10-8)12-4/h6H,5H2,1-4H3,(H,9,10)/t6-/m0/s1. The number of hydrogen-bond acceptors (Lipinski definition) is 4. The number of amidine groups is 1. The molecule has 1 atom stereocenters. The SMILES string of the molecule is CO[C@H]1CC(C)(C)NC(SC)=N1. The second-order valence-electron chi connectivity index (χ2n) is 3.54. The van der Waals surface area contributed by atoms with Crippen molar-refractivity contribution in [2.24, 2.45) is 4.99 Å². The second kappa shape index (κ2) is 3.66. The van der Waals surface area contributed by atoms with Gasteiger partial charge >= 0.3 is 0 Å². The molecule has 0 aromatic heterocycles. The number of methoxy groups -OCH3 is 1. The van der Waals surface area contributed by atoms with E-state index in [0.29, 0.717) is 0 Å². The van der Waals surface area contributed by atoms with E-state index in [2.05, 4.69) is 24.2 Å². The lowest BCUT2D eigenvalue weighted by atomic mass is 9.99. The van der Waals surface area contributed by atoms with Crippen molar-refractivity contribution in [3.8, 4) is 0 Å². The Labute approximate surface area is 78.0 Å². The Hall–Kier alpha value is -0.220. The van der Waals surface area contributed by atoms with Crippen LogP contribution in [0.15, 0.2) is 4.99 Å². The Balaban J connectivity index is 2.71. The third-order valence-corrected chi connectivity index (χ3v) is 2.45. The van der Waals surface area contributed by atoms with Crippen LogP contribution >= 0.6 is 11.8 Å². The maximum absolute atomic E-state index is 5.22. The molecule has 1 heterocycles. The summed E-state index contributed by atoms with van der Waals surface area (Å²) in [5.41, 5.74) is 0.0980. The minimum atomic E-state index is 0.0173. The minimum absolute atomic E-state index is 0.0173. The summed E-state index contributed by atoms with van der Waals surface area (Å²) in [4.78, 5) is 4.36. The Morgan fingerprint density at radius 3 is 2.83 bits per heavy atom. The van der Waals surface area contributed by atoms with Crippen LogP contribution in [0, 0.1) is 0 Å². The maximum atomic E-state index is 5.22. The first-order valence-electron chi connectivity index (χ1n) is 4.00. The van der Waals surface area contributed by atoms with Gasteiger partial charge in [-0.2, -0.15) is 0 Å². The Morgan fingerprint density at radius 2 is 2.33 bits per heavy atom. The van der Waals surface area contributed by atoms with Crippen LogP contribution in [-0.4, -0.2) is 30.3 Å². The van der Waals surface area contributed by atoms with Gasteiger partial charge in [-0.15, -0.1) is 0 Å². The van der Waals surface area contributed by atoms with Crippen LogP contribution < -0.4 is 5.32 Å². The van der Waals surface area contributed by atoms with E-state index >= 15 is 0 Å². The molecule has 1 rings (SSSR count). The Bertz CT molecular complexity index is 191. The highest BCUT2D eigenvalue weighted by atomic mass is 32.2. The van der Waals surface area contributed by atoms with Crippen LogP contribution in [0.25, 0.3) is 0 Å². The molecule has 0 spiro atoms. The Morgan fingerprint density at radius 1 is 1.67 bits per heavy atom.